The number of hydrogen-bond acceptors (Lipinski definition) is 1. The van der Waals surface area contributed by atoms with Crippen LogP contribution >= 0.6 is 12.2 Å². The van der Waals surface area contributed by atoms with Crippen LogP contribution in [0.1, 0.15) is 76.2 Å². The number of benzene rings is 1. The van der Waals surface area contributed by atoms with E-state index in [-0.39, 0.29) is 16.8 Å². The number of alkyl halides is 3. The van der Waals surface area contributed by atoms with Crippen molar-refractivity contribution in [2.75, 3.05) is 5.32 Å². The predicted octanol–water partition coefficient (Wildman–Crippen LogP) is 6.67. The van der Waals surface area contributed by atoms with E-state index in [1.165, 1.54) is 57.1 Å². The van der Waals surface area contributed by atoms with Crippen molar-refractivity contribution in [2.24, 2.45) is 0 Å². The van der Waals surface area contributed by atoms with Gasteiger partial charge in [-0.3, -0.25) is 0 Å². The summed E-state index contributed by atoms with van der Waals surface area (Å²) < 4.78 is 39.3. The van der Waals surface area contributed by atoms with Gasteiger partial charge in [0.25, 0.3) is 0 Å². The van der Waals surface area contributed by atoms with Crippen molar-refractivity contribution in [3.63, 3.8) is 0 Å². The average Bonchev–Trinajstić information content (AvgIpc) is 2.57. The maximum absolute atomic E-state index is 13.1. The Labute approximate surface area is 159 Å². The minimum absolute atomic E-state index is 0.00524. The largest absolute Gasteiger partial charge is 0.418 e. The molecule has 2 N–H and O–H groups in total. The molecule has 0 saturated heterocycles. The Bertz CT molecular complexity index is 548. The van der Waals surface area contributed by atoms with Crippen LogP contribution in [-0.4, -0.2) is 11.2 Å². The van der Waals surface area contributed by atoms with Gasteiger partial charge in [-0.25, -0.2) is 0 Å². The summed E-state index contributed by atoms with van der Waals surface area (Å²) in [6, 6.07) is 5.68. The van der Waals surface area contributed by atoms with Crippen LogP contribution < -0.4 is 10.6 Å². The van der Waals surface area contributed by atoms with E-state index < -0.39 is 11.7 Å². The highest BCUT2D eigenvalue weighted by Gasteiger charge is 2.33. The quantitative estimate of drug-likeness (QED) is 0.555. The van der Waals surface area contributed by atoms with E-state index >= 15 is 0 Å². The fourth-order valence-electron chi connectivity index (χ4n) is 3.49. The molecule has 0 heterocycles. The van der Waals surface area contributed by atoms with Crippen LogP contribution in [0.4, 0.5) is 18.9 Å². The topological polar surface area (TPSA) is 24.1 Å². The lowest BCUT2D eigenvalue weighted by Gasteiger charge is -2.22. The number of nitrogens with one attached hydrogen (secondary N) is 2. The third-order valence-corrected chi connectivity index (χ3v) is 5.14. The van der Waals surface area contributed by atoms with Gasteiger partial charge in [0.05, 0.1) is 11.3 Å². The first-order valence-electron chi connectivity index (χ1n) is 9.70. The molecule has 1 aliphatic rings. The molecule has 1 aromatic rings. The van der Waals surface area contributed by atoms with Gasteiger partial charge in [-0.15, -0.1) is 0 Å². The van der Waals surface area contributed by atoms with Crippen LogP contribution in [0.15, 0.2) is 24.3 Å². The third-order valence-electron chi connectivity index (χ3n) is 4.92. The number of thiocarbonyl (C=S) groups is 1. The third kappa shape index (κ3) is 7.52. The summed E-state index contributed by atoms with van der Waals surface area (Å²) in [7, 11) is 0. The maximum atomic E-state index is 13.1. The zero-order valence-corrected chi connectivity index (χ0v) is 16.0. The second kappa shape index (κ2) is 10.8. The van der Waals surface area contributed by atoms with Crippen molar-refractivity contribution in [2.45, 2.75) is 82.8 Å². The average molecular weight is 387 g/mol. The SMILES string of the molecule is FC(F)(F)c1ccccc1NC(=S)NC1CCCCCCCCCCC1. The zero-order valence-electron chi connectivity index (χ0n) is 15.2. The normalized spacial score (nSPS) is 18.4. The van der Waals surface area contributed by atoms with Gasteiger partial charge in [-0.1, -0.05) is 69.9 Å². The van der Waals surface area contributed by atoms with Gasteiger partial charge < -0.3 is 10.6 Å². The fourth-order valence-corrected chi connectivity index (χ4v) is 3.77. The lowest BCUT2D eigenvalue weighted by Crippen LogP contribution is -2.38. The maximum Gasteiger partial charge on any atom is 0.418 e. The molecule has 2 rings (SSSR count). The van der Waals surface area contributed by atoms with E-state index in [0.29, 0.717) is 0 Å². The summed E-state index contributed by atoms with van der Waals surface area (Å²) in [6.45, 7) is 0. The smallest absolute Gasteiger partial charge is 0.360 e. The van der Waals surface area contributed by atoms with Crippen molar-refractivity contribution >= 4 is 23.0 Å². The standard InChI is InChI=1S/C20H29F3N2S/c21-20(22,23)17-14-10-11-15-18(17)25-19(26)24-16-12-8-6-4-2-1-3-5-7-9-13-16/h10-11,14-16H,1-9,12-13H2,(H2,24,25,26). The molecule has 26 heavy (non-hydrogen) atoms. The van der Waals surface area contributed by atoms with Gasteiger partial charge >= 0.3 is 6.18 Å². The number of para-hydroxylation sites is 1. The minimum Gasteiger partial charge on any atom is -0.360 e. The van der Waals surface area contributed by atoms with Crippen LogP contribution in [0.3, 0.4) is 0 Å². The Kier molecular flexibility index (Phi) is 8.69. The summed E-state index contributed by atoms with van der Waals surface area (Å²) in [5.74, 6) is 0. The molecule has 0 radical (unpaired) electrons. The number of anilines is 1. The van der Waals surface area contributed by atoms with Crippen molar-refractivity contribution in [3.8, 4) is 0 Å². The van der Waals surface area contributed by atoms with E-state index in [1.807, 2.05) is 0 Å². The molecular formula is C20H29F3N2S. The predicted molar refractivity (Wildman–Crippen MR) is 105 cm³/mol. The van der Waals surface area contributed by atoms with Crippen LogP contribution in [0, 0.1) is 0 Å². The summed E-state index contributed by atoms with van der Waals surface area (Å²) in [5.41, 5.74) is -0.687. The van der Waals surface area contributed by atoms with Gasteiger partial charge in [-0.2, -0.15) is 13.2 Å². The molecule has 1 aliphatic carbocycles. The van der Waals surface area contributed by atoms with Gasteiger partial charge in [0.2, 0.25) is 0 Å². The van der Waals surface area contributed by atoms with E-state index in [9.17, 15) is 13.2 Å². The molecule has 0 aromatic heterocycles. The van der Waals surface area contributed by atoms with Gasteiger partial charge in [0.1, 0.15) is 0 Å². The highest BCUT2D eigenvalue weighted by molar-refractivity contribution is 7.80. The summed E-state index contributed by atoms with van der Waals surface area (Å²) in [4.78, 5) is 0. The Hall–Kier alpha value is -1.30. The van der Waals surface area contributed by atoms with E-state index in [0.717, 1.165) is 31.7 Å². The van der Waals surface area contributed by atoms with Crippen LogP contribution in [0.2, 0.25) is 0 Å². The van der Waals surface area contributed by atoms with Crippen LogP contribution in [-0.2, 0) is 6.18 Å². The Morgan fingerprint density at radius 2 is 1.35 bits per heavy atom. The molecule has 6 heteroatoms. The highest BCUT2D eigenvalue weighted by atomic mass is 32.1. The monoisotopic (exact) mass is 386 g/mol. The molecule has 1 fully saturated rings. The zero-order chi connectivity index (χ0) is 18.8. The molecule has 1 aromatic carbocycles. The van der Waals surface area contributed by atoms with Crippen LogP contribution in [0.5, 0.6) is 0 Å². The number of hydrogen-bond donors (Lipinski definition) is 2. The van der Waals surface area contributed by atoms with Gasteiger partial charge in [-0.05, 0) is 37.2 Å². The second-order valence-corrected chi connectivity index (χ2v) is 7.51. The molecule has 2 nitrogen and oxygen atoms in total. The Morgan fingerprint density at radius 3 is 1.88 bits per heavy atom. The molecule has 0 atom stereocenters. The minimum atomic E-state index is -4.40. The molecule has 0 unspecified atom stereocenters. The lowest BCUT2D eigenvalue weighted by atomic mass is 9.98. The lowest BCUT2D eigenvalue weighted by molar-refractivity contribution is -0.136. The van der Waals surface area contributed by atoms with E-state index in [1.54, 1.807) is 6.07 Å². The molecular weight excluding hydrogens is 357 g/mol. The van der Waals surface area contributed by atoms with Crippen molar-refractivity contribution in [1.82, 2.24) is 5.32 Å². The molecule has 0 bridgehead atoms. The highest BCUT2D eigenvalue weighted by Crippen LogP contribution is 2.34. The second-order valence-electron chi connectivity index (χ2n) is 7.10. The molecule has 0 spiro atoms. The van der Waals surface area contributed by atoms with Crippen molar-refractivity contribution < 1.29 is 13.2 Å². The van der Waals surface area contributed by atoms with Crippen LogP contribution in [0.25, 0.3) is 0 Å². The summed E-state index contributed by atoms with van der Waals surface area (Å²) >= 11 is 5.30. The first-order chi connectivity index (χ1) is 12.5. The van der Waals surface area contributed by atoms with Crippen molar-refractivity contribution in [1.29, 1.82) is 0 Å². The first-order valence-corrected chi connectivity index (χ1v) is 10.1. The van der Waals surface area contributed by atoms with Crippen molar-refractivity contribution in [3.05, 3.63) is 29.8 Å². The molecule has 0 amide bonds. The van der Waals surface area contributed by atoms with E-state index in [4.69, 9.17) is 12.2 Å². The summed E-state index contributed by atoms with van der Waals surface area (Å²) in [5, 5.41) is 6.28. The number of halogens is 3. The van der Waals surface area contributed by atoms with Gasteiger partial charge in [0.15, 0.2) is 5.11 Å². The first kappa shape index (κ1) is 21.0. The Morgan fingerprint density at radius 1 is 0.846 bits per heavy atom. The van der Waals surface area contributed by atoms with E-state index in [2.05, 4.69) is 10.6 Å². The fraction of sp³-hybridized carbons (Fsp3) is 0.650. The van der Waals surface area contributed by atoms with Gasteiger partial charge in [0, 0.05) is 6.04 Å². The molecule has 1 saturated carbocycles. The Balaban J connectivity index is 1.92. The number of rotatable bonds is 2. The summed E-state index contributed by atoms with van der Waals surface area (Å²) in [6.07, 6.45) is 8.86. The molecule has 0 aliphatic heterocycles. The molecule has 146 valence electrons.